The number of nitrogen functional groups attached to an aromatic ring is 1. The molecule has 0 saturated carbocycles. The van der Waals surface area contributed by atoms with Gasteiger partial charge in [0, 0.05) is 6.20 Å². The van der Waals surface area contributed by atoms with Crippen molar-refractivity contribution in [1.82, 2.24) is 15.0 Å². The van der Waals surface area contributed by atoms with E-state index in [1.165, 1.54) is 0 Å². The van der Waals surface area contributed by atoms with Crippen molar-refractivity contribution in [2.24, 2.45) is 0 Å². The minimum absolute atomic E-state index is 0.0493. The quantitative estimate of drug-likeness (QED) is 0.793. The first-order valence-corrected chi connectivity index (χ1v) is 4.75. The number of nitrogens with one attached hydrogen (secondary N) is 1. The van der Waals surface area contributed by atoms with Gasteiger partial charge in [0.25, 0.3) is 6.43 Å². The van der Waals surface area contributed by atoms with Crippen molar-refractivity contribution < 1.29 is 8.78 Å². The third kappa shape index (κ3) is 1.41. The number of alkyl halides is 2. The summed E-state index contributed by atoms with van der Waals surface area (Å²) in [4.78, 5) is 10.0. The molecule has 2 aromatic rings. The zero-order valence-corrected chi connectivity index (χ0v) is 8.92. The number of nitrogens with zero attached hydrogens (tertiary/aromatic N) is 2. The summed E-state index contributed by atoms with van der Waals surface area (Å²) >= 11 is 1.99. The van der Waals surface area contributed by atoms with Crippen molar-refractivity contribution in [3.8, 4) is 0 Å². The molecule has 14 heavy (non-hydrogen) atoms. The lowest BCUT2D eigenvalue weighted by Crippen LogP contribution is -2.01. The Hall–Kier alpha value is -0.990. The largest absolute Gasteiger partial charge is 0.382 e. The normalized spacial score (nSPS) is 11.4. The Labute approximate surface area is 91.1 Å². The molecule has 4 nitrogen and oxygen atoms in total. The number of aromatic amines is 1. The molecule has 0 saturated heterocycles. The third-order valence-electron chi connectivity index (χ3n) is 1.72. The SMILES string of the molecule is Nc1nc(C(F)F)nc2c(I)c[nH]c12. The van der Waals surface area contributed by atoms with Crippen LogP contribution in [0.2, 0.25) is 0 Å². The first kappa shape index (κ1) is 9.56. The van der Waals surface area contributed by atoms with E-state index in [0.717, 1.165) is 3.57 Å². The van der Waals surface area contributed by atoms with Crippen LogP contribution in [0.1, 0.15) is 12.2 Å². The molecule has 0 spiro atoms. The summed E-state index contributed by atoms with van der Waals surface area (Å²) in [6, 6.07) is 0. The Morgan fingerprint density at radius 1 is 1.43 bits per heavy atom. The first-order chi connectivity index (χ1) is 6.59. The Kier molecular flexibility index (Phi) is 2.25. The van der Waals surface area contributed by atoms with Crippen molar-refractivity contribution in [3.05, 3.63) is 15.6 Å². The second-order valence-electron chi connectivity index (χ2n) is 2.63. The fourth-order valence-corrected chi connectivity index (χ4v) is 1.66. The first-order valence-electron chi connectivity index (χ1n) is 3.67. The molecule has 0 aliphatic rings. The molecular formula is C7H5F2IN4. The highest BCUT2D eigenvalue weighted by Crippen LogP contribution is 2.24. The minimum atomic E-state index is -2.70. The maximum atomic E-state index is 12.3. The van der Waals surface area contributed by atoms with Crippen LogP contribution in [0.25, 0.3) is 11.0 Å². The second-order valence-corrected chi connectivity index (χ2v) is 3.79. The molecule has 0 fully saturated rings. The van der Waals surface area contributed by atoms with Crippen molar-refractivity contribution in [2.45, 2.75) is 6.43 Å². The molecule has 74 valence electrons. The molecule has 2 rings (SSSR count). The standard InChI is InChI=1S/C7H5F2IN4/c8-5(9)7-13-3-2(10)1-12-4(3)6(11)14-7/h1,5,12H,(H2,11,13,14). The third-order valence-corrected chi connectivity index (χ3v) is 2.54. The highest BCUT2D eigenvalue weighted by molar-refractivity contribution is 14.1. The summed E-state index contributed by atoms with van der Waals surface area (Å²) in [6.07, 6.45) is -1.06. The Morgan fingerprint density at radius 3 is 2.79 bits per heavy atom. The smallest absolute Gasteiger partial charge is 0.297 e. The van der Waals surface area contributed by atoms with E-state index in [9.17, 15) is 8.78 Å². The van der Waals surface area contributed by atoms with E-state index >= 15 is 0 Å². The van der Waals surface area contributed by atoms with Gasteiger partial charge in [-0.25, -0.2) is 18.7 Å². The van der Waals surface area contributed by atoms with Gasteiger partial charge in [-0.2, -0.15) is 0 Å². The average Bonchev–Trinajstić information content (AvgIpc) is 2.48. The van der Waals surface area contributed by atoms with Crippen molar-refractivity contribution in [3.63, 3.8) is 0 Å². The fourth-order valence-electron chi connectivity index (χ4n) is 1.11. The fraction of sp³-hybridized carbons (Fsp3) is 0.143. The molecule has 0 aliphatic carbocycles. The highest BCUT2D eigenvalue weighted by Gasteiger charge is 2.15. The lowest BCUT2D eigenvalue weighted by atomic mass is 10.4. The van der Waals surface area contributed by atoms with Gasteiger partial charge in [-0.1, -0.05) is 0 Å². The summed E-state index contributed by atoms with van der Waals surface area (Å²) in [7, 11) is 0. The van der Waals surface area contributed by atoms with Crippen LogP contribution < -0.4 is 5.73 Å². The van der Waals surface area contributed by atoms with Gasteiger partial charge in [-0.3, -0.25) is 0 Å². The van der Waals surface area contributed by atoms with E-state index in [0.29, 0.717) is 11.0 Å². The van der Waals surface area contributed by atoms with E-state index in [4.69, 9.17) is 5.73 Å². The van der Waals surface area contributed by atoms with Crippen molar-refractivity contribution in [1.29, 1.82) is 0 Å². The van der Waals surface area contributed by atoms with Crippen LogP contribution in [0.3, 0.4) is 0 Å². The van der Waals surface area contributed by atoms with Crippen LogP contribution in [0.4, 0.5) is 14.6 Å². The summed E-state index contributed by atoms with van der Waals surface area (Å²) < 4.78 is 25.4. The topological polar surface area (TPSA) is 67.6 Å². The van der Waals surface area contributed by atoms with E-state index in [1.54, 1.807) is 6.20 Å². The monoisotopic (exact) mass is 310 g/mol. The van der Waals surface area contributed by atoms with Gasteiger partial charge >= 0.3 is 0 Å². The lowest BCUT2D eigenvalue weighted by molar-refractivity contribution is 0.141. The van der Waals surface area contributed by atoms with Crippen LogP contribution in [-0.4, -0.2) is 15.0 Å². The minimum Gasteiger partial charge on any atom is -0.382 e. The second kappa shape index (κ2) is 3.30. The van der Waals surface area contributed by atoms with Gasteiger partial charge < -0.3 is 10.7 Å². The van der Waals surface area contributed by atoms with Crippen LogP contribution in [0, 0.1) is 3.57 Å². The molecule has 0 aliphatic heterocycles. The van der Waals surface area contributed by atoms with Crippen LogP contribution in [0.5, 0.6) is 0 Å². The Bertz CT molecular complexity index is 482. The number of H-pyrrole nitrogens is 1. The van der Waals surface area contributed by atoms with Crippen molar-refractivity contribution in [2.75, 3.05) is 5.73 Å². The molecule has 0 atom stereocenters. The molecule has 7 heteroatoms. The predicted octanol–water partition coefficient (Wildman–Crippen LogP) is 2.08. The van der Waals surface area contributed by atoms with Crippen molar-refractivity contribution >= 4 is 39.4 Å². The maximum Gasteiger partial charge on any atom is 0.297 e. The molecule has 0 amide bonds. The number of hydrogen-bond acceptors (Lipinski definition) is 3. The molecule has 2 heterocycles. The van der Waals surface area contributed by atoms with Gasteiger partial charge in [-0.15, -0.1) is 0 Å². The number of fused-ring (bicyclic) bond motifs is 1. The highest BCUT2D eigenvalue weighted by atomic mass is 127. The van der Waals surface area contributed by atoms with Crippen LogP contribution in [0.15, 0.2) is 6.20 Å². The van der Waals surface area contributed by atoms with Gasteiger partial charge in [0.05, 0.1) is 3.57 Å². The molecular weight excluding hydrogens is 305 g/mol. The average molecular weight is 310 g/mol. The predicted molar refractivity (Wildman–Crippen MR) is 56.0 cm³/mol. The van der Waals surface area contributed by atoms with E-state index in [1.807, 2.05) is 22.6 Å². The Morgan fingerprint density at radius 2 is 2.14 bits per heavy atom. The van der Waals surface area contributed by atoms with E-state index < -0.39 is 12.2 Å². The van der Waals surface area contributed by atoms with Gasteiger partial charge in [0.2, 0.25) is 0 Å². The summed E-state index contributed by atoms with van der Waals surface area (Å²) in [5.41, 5.74) is 6.43. The number of aromatic nitrogens is 3. The van der Waals surface area contributed by atoms with Gasteiger partial charge in [0.1, 0.15) is 11.0 Å². The van der Waals surface area contributed by atoms with Crippen LogP contribution >= 0.6 is 22.6 Å². The zero-order valence-electron chi connectivity index (χ0n) is 6.76. The molecule has 0 aromatic carbocycles. The summed E-state index contributed by atoms with van der Waals surface area (Å²) in [5.74, 6) is -0.485. The number of nitrogens with two attached hydrogens (primary N) is 1. The van der Waals surface area contributed by atoms with E-state index in [2.05, 4.69) is 15.0 Å². The van der Waals surface area contributed by atoms with Gasteiger partial charge in [-0.05, 0) is 22.6 Å². The summed E-state index contributed by atoms with van der Waals surface area (Å²) in [6.45, 7) is 0. The number of halogens is 3. The number of anilines is 1. The lowest BCUT2D eigenvalue weighted by Gasteiger charge is -2.00. The Balaban J connectivity index is 2.75. The van der Waals surface area contributed by atoms with E-state index in [-0.39, 0.29) is 5.82 Å². The number of rotatable bonds is 1. The molecule has 0 bridgehead atoms. The van der Waals surface area contributed by atoms with Crippen LogP contribution in [-0.2, 0) is 0 Å². The molecule has 0 unspecified atom stereocenters. The molecule has 3 N–H and O–H groups in total. The maximum absolute atomic E-state index is 12.3. The molecule has 0 radical (unpaired) electrons. The number of hydrogen-bond donors (Lipinski definition) is 2. The summed E-state index contributed by atoms with van der Waals surface area (Å²) in [5, 5.41) is 0. The zero-order chi connectivity index (χ0) is 10.3. The molecule has 2 aromatic heterocycles. The van der Waals surface area contributed by atoms with Gasteiger partial charge in [0.15, 0.2) is 11.6 Å².